The van der Waals surface area contributed by atoms with Gasteiger partial charge in [-0.1, -0.05) is 30.3 Å². The van der Waals surface area contributed by atoms with Gasteiger partial charge in [0.15, 0.2) is 0 Å². The second-order valence-corrected chi connectivity index (χ2v) is 9.36. The van der Waals surface area contributed by atoms with Crippen molar-refractivity contribution in [3.05, 3.63) is 89.5 Å². The van der Waals surface area contributed by atoms with Crippen molar-refractivity contribution in [1.29, 1.82) is 0 Å². The van der Waals surface area contributed by atoms with E-state index < -0.39 is 34.4 Å². The summed E-state index contributed by atoms with van der Waals surface area (Å²) in [6.45, 7) is 1.25. The first-order valence-corrected chi connectivity index (χ1v) is 11.9. The topological polar surface area (TPSA) is 119 Å². The maximum absolute atomic E-state index is 13.4. The molecule has 0 aliphatic rings. The van der Waals surface area contributed by atoms with Crippen LogP contribution in [0.2, 0.25) is 0 Å². The molecule has 1 amide bonds. The highest BCUT2D eigenvalue weighted by molar-refractivity contribution is 7.92. The molecule has 0 heterocycles. The number of carbonyl (C=O) groups is 3. The molecule has 0 aliphatic carbocycles. The lowest BCUT2D eigenvalue weighted by atomic mass is 10.1. The second kappa shape index (κ2) is 10.8. The van der Waals surface area contributed by atoms with Crippen molar-refractivity contribution in [2.45, 2.75) is 11.8 Å². The SMILES string of the molecule is COC(=O)c1cc(NC(=O)CN(c2cccc(C)c2)S(=O)(=O)c2ccccc2)cc(C(=O)OC)c1. The van der Waals surface area contributed by atoms with E-state index in [0.29, 0.717) is 5.69 Å². The van der Waals surface area contributed by atoms with E-state index in [1.54, 1.807) is 36.4 Å². The van der Waals surface area contributed by atoms with Gasteiger partial charge in [0.1, 0.15) is 6.54 Å². The Bertz CT molecular complexity index is 1320. The molecular formula is C25H24N2O7S. The van der Waals surface area contributed by atoms with Gasteiger partial charge in [-0.05, 0) is 55.0 Å². The zero-order valence-electron chi connectivity index (χ0n) is 19.3. The minimum absolute atomic E-state index is 0.0122. The minimum atomic E-state index is -4.09. The number of carbonyl (C=O) groups excluding carboxylic acids is 3. The zero-order valence-corrected chi connectivity index (χ0v) is 20.2. The molecule has 182 valence electrons. The molecule has 9 nitrogen and oxygen atoms in total. The van der Waals surface area contributed by atoms with E-state index in [1.807, 2.05) is 13.0 Å². The van der Waals surface area contributed by atoms with E-state index in [0.717, 1.165) is 9.87 Å². The molecule has 1 N–H and O–H groups in total. The van der Waals surface area contributed by atoms with Crippen molar-refractivity contribution in [3.8, 4) is 0 Å². The molecule has 0 aliphatic heterocycles. The van der Waals surface area contributed by atoms with Crippen LogP contribution in [0.1, 0.15) is 26.3 Å². The van der Waals surface area contributed by atoms with Crippen molar-refractivity contribution in [2.75, 3.05) is 30.4 Å². The standard InChI is InChI=1S/C25H24N2O7S/c1-17-8-7-9-21(12-17)27(35(31,32)22-10-5-4-6-11-22)16-23(28)26-20-14-18(24(29)33-2)13-19(15-20)25(30)34-3/h4-15H,16H2,1-3H3,(H,26,28). The van der Waals surface area contributed by atoms with Gasteiger partial charge in [0.05, 0.1) is 35.9 Å². The van der Waals surface area contributed by atoms with E-state index >= 15 is 0 Å². The molecule has 0 saturated carbocycles. The van der Waals surface area contributed by atoms with Crippen LogP contribution in [0.25, 0.3) is 0 Å². The van der Waals surface area contributed by atoms with Crippen molar-refractivity contribution in [1.82, 2.24) is 0 Å². The van der Waals surface area contributed by atoms with E-state index in [2.05, 4.69) is 5.32 Å². The van der Waals surface area contributed by atoms with Crippen molar-refractivity contribution in [2.24, 2.45) is 0 Å². The number of anilines is 2. The molecule has 35 heavy (non-hydrogen) atoms. The van der Waals surface area contributed by atoms with Crippen LogP contribution in [-0.4, -0.2) is 47.0 Å². The Hall–Kier alpha value is -4.18. The third-order valence-electron chi connectivity index (χ3n) is 4.97. The van der Waals surface area contributed by atoms with E-state index in [4.69, 9.17) is 9.47 Å². The summed E-state index contributed by atoms with van der Waals surface area (Å²) < 4.78 is 37.2. The Labute approximate surface area is 203 Å². The van der Waals surface area contributed by atoms with Gasteiger partial charge in [-0.25, -0.2) is 18.0 Å². The normalized spacial score (nSPS) is 10.8. The summed E-state index contributed by atoms with van der Waals surface area (Å²) in [5.41, 5.74) is 1.24. The van der Waals surface area contributed by atoms with Gasteiger partial charge in [0.2, 0.25) is 5.91 Å². The number of nitrogens with one attached hydrogen (secondary N) is 1. The van der Waals surface area contributed by atoms with E-state index in [-0.39, 0.29) is 21.7 Å². The van der Waals surface area contributed by atoms with Crippen LogP contribution in [0, 0.1) is 6.92 Å². The third-order valence-corrected chi connectivity index (χ3v) is 6.76. The summed E-state index contributed by atoms with van der Waals surface area (Å²) in [5.74, 6) is -2.14. The highest BCUT2D eigenvalue weighted by Gasteiger charge is 2.27. The fourth-order valence-corrected chi connectivity index (χ4v) is 4.75. The number of ether oxygens (including phenoxy) is 2. The average Bonchev–Trinajstić information content (AvgIpc) is 2.86. The molecule has 3 aromatic rings. The number of benzene rings is 3. The summed E-state index contributed by atoms with van der Waals surface area (Å²) >= 11 is 0. The molecule has 0 bridgehead atoms. The molecule has 3 rings (SSSR count). The van der Waals surface area contributed by atoms with E-state index in [9.17, 15) is 22.8 Å². The number of aryl methyl sites for hydroxylation is 1. The van der Waals surface area contributed by atoms with Crippen LogP contribution < -0.4 is 9.62 Å². The van der Waals surface area contributed by atoms with Crippen LogP contribution in [0.5, 0.6) is 0 Å². The first kappa shape index (κ1) is 25.4. The van der Waals surface area contributed by atoms with Crippen molar-refractivity contribution in [3.63, 3.8) is 0 Å². The lowest BCUT2D eigenvalue weighted by molar-refractivity contribution is -0.114. The van der Waals surface area contributed by atoms with Gasteiger partial charge in [0.25, 0.3) is 10.0 Å². The number of nitrogens with zero attached hydrogens (tertiary/aromatic N) is 1. The molecule has 0 aromatic heterocycles. The smallest absolute Gasteiger partial charge is 0.337 e. The quantitative estimate of drug-likeness (QED) is 0.475. The summed E-state index contributed by atoms with van der Waals surface area (Å²) in [5, 5.41) is 2.56. The summed E-state index contributed by atoms with van der Waals surface area (Å²) in [4.78, 5) is 37.1. The number of esters is 2. The Balaban J connectivity index is 1.97. The molecule has 10 heteroatoms. The molecule has 3 aromatic carbocycles. The molecular weight excluding hydrogens is 472 g/mol. The number of methoxy groups -OCH3 is 2. The predicted molar refractivity (Wildman–Crippen MR) is 130 cm³/mol. The highest BCUT2D eigenvalue weighted by atomic mass is 32.2. The van der Waals surface area contributed by atoms with Gasteiger partial charge >= 0.3 is 11.9 Å². The average molecular weight is 497 g/mol. The lowest BCUT2D eigenvalue weighted by Gasteiger charge is -2.24. The van der Waals surface area contributed by atoms with Gasteiger partial charge < -0.3 is 14.8 Å². The molecule has 0 atom stereocenters. The Morgan fingerprint density at radius 3 is 1.97 bits per heavy atom. The Kier molecular flexibility index (Phi) is 7.87. The Morgan fingerprint density at radius 2 is 1.43 bits per heavy atom. The van der Waals surface area contributed by atoms with E-state index in [1.165, 1.54) is 44.6 Å². The molecule has 0 unspecified atom stereocenters. The molecule has 0 fully saturated rings. The fourth-order valence-electron chi connectivity index (χ4n) is 3.32. The maximum Gasteiger partial charge on any atom is 0.337 e. The summed E-state index contributed by atoms with van der Waals surface area (Å²) in [7, 11) is -1.72. The van der Waals surface area contributed by atoms with Crippen LogP contribution >= 0.6 is 0 Å². The molecule has 0 spiro atoms. The van der Waals surface area contributed by atoms with Crippen molar-refractivity contribution >= 4 is 39.2 Å². The first-order chi connectivity index (χ1) is 16.6. The maximum atomic E-state index is 13.4. The van der Waals surface area contributed by atoms with Crippen LogP contribution in [-0.2, 0) is 24.3 Å². The minimum Gasteiger partial charge on any atom is -0.465 e. The first-order valence-electron chi connectivity index (χ1n) is 10.4. The number of hydrogen-bond acceptors (Lipinski definition) is 7. The van der Waals surface area contributed by atoms with Crippen LogP contribution in [0.15, 0.2) is 77.7 Å². The van der Waals surface area contributed by atoms with Gasteiger partial charge in [-0.3, -0.25) is 9.10 Å². The highest BCUT2D eigenvalue weighted by Crippen LogP contribution is 2.25. The molecule has 0 radical (unpaired) electrons. The predicted octanol–water partition coefficient (Wildman–Crippen LogP) is 3.40. The monoisotopic (exact) mass is 496 g/mol. The van der Waals surface area contributed by atoms with Crippen LogP contribution in [0.4, 0.5) is 11.4 Å². The number of rotatable bonds is 8. The molecule has 0 saturated heterocycles. The van der Waals surface area contributed by atoms with Gasteiger partial charge in [-0.2, -0.15) is 0 Å². The number of sulfonamides is 1. The number of hydrogen-bond donors (Lipinski definition) is 1. The summed E-state index contributed by atoms with van der Waals surface area (Å²) in [6, 6.07) is 18.4. The van der Waals surface area contributed by atoms with Gasteiger partial charge in [-0.15, -0.1) is 0 Å². The zero-order chi connectivity index (χ0) is 25.6. The van der Waals surface area contributed by atoms with Crippen molar-refractivity contribution < 1.29 is 32.3 Å². The van der Waals surface area contributed by atoms with Gasteiger partial charge in [0, 0.05) is 5.69 Å². The third kappa shape index (κ3) is 6.04. The summed E-state index contributed by atoms with van der Waals surface area (Å²) in [6.07, 6.45) is 0. The Morgan fingerprint density at radius 1 is 0.829 bits per heavy atom. The fraction of sp³-hybridized carbons (Fsp3) is 0.160. The van der Waals surface area contributed by atoms with Crippen LogP contribution in [0.3, 0.4) is 0 Å². The largest absolute Gasteiger partial charge is 0.465 e. The second-order valence-electron chi connectivity index (χ2n) is 7.49. The number of amides is 1. The lowest BCUT2D eigenvalue weighted by Crippen LogP contribution is -2.38.